The van der Waals surface area contributed by atoms with Crippen LogP contribution in [0.1, 0.15) is 18.3 Å². The van der Waals surface area contributed by atoms with E-state index in [1.165, 1.54) is 6.07 Å². The van der Waals surface area contributed by atoms with Gasteiger partial charge in [-0.1, -0.05) is 6.07 Å². The number of aryl methyl sites for hydroxylation is 1. The van der Waals surface area contributed by atoms with E-state index in [9.17, 15) is 4.39 Å². The van der Waals surface area contributed by atoms with Crippen LogP contribution < -0.4 is 10.6 Å². The Balaban J connectivity index is 2.31. The molecule has 0 aliphatic rings. The quantitative estimate of drug-likeness (QED) is 0.860. The average molecular weight is 338 g/mol. The zero-order valence-corrected chi connectivity index (χ0v) is 13.1. The zero-order valence-electron chi connectivity index (χ0n) is 11.5. The second-order valence-corrected chi connectivity index (χ2v) is 5.46. The van der Waals surface area contributed by atoms with E-state index in [2.05, 4.69) is 25.8 Å². The number of anilines is 2. The standard InChI is InChI=1S/C15H17BrFN3/c1-3-20(9-11-6-4-5-10(2)19-11)15-7-12(16)13(17)8-14(15)18/h4-8H,3,9,18H2,1-2H3. The van der Waals surface area contributed by atoms with Crippen molar-refractivity contribution in [3.8, 4) is 0 Å². The van der Waals surface area contributed by atoms with Gasteiger partial charge in [0, 0.05) is 18.3 Å². The molecule has 0 bridgehead atoms. The lowest BCUT2D eigenvalue weighted by atomic mass is 10.2. The van der Waals surface area contributed by atoms with E-state index in [1.807, 2.05) is 32.0 Å². The van der Waals surface area contributed by atoms with Gasteiger partial charge < -0.3 is 10.6 Å². The number of aromatic nitrogens is 1. The average Bonchev–Trinajstić information content (AvgIpc) is 2.40. The van der Waals surface area contributed by atoms with E-state index in [4.69, 9.17) is 5.73 Å². The van der Waals surface area contributed by atoms with Crippen LogP contribution in [0, 0.1) is 12.7 Å². The number of nitrogens with zero attached hydrogens (tertiary/aromatic N) is 2. The van der Waals surface area contributed by atoms with E-state index in [0.29, 0.717) is 16.7 Å². The largest absolute Gasteiger partial charge is 0.397 e. The molecule has 3 nitrogen and oxygen atoms in total. The van der Waals surface area contributed by atoms with Gasteiger partial charge in [0.25, 0.3) is 0 Å². The molecule has 2 aromatic rings. The SMILES string of the molecule is CCN(Cc1cccc(C)n1)c1cc(Br)c(F)cc1N. The lowest BCUT2D eigenvalue weighted by Gasteiger charge is -2.24. The van der Waals surface area contributed by atoms with Crippen molar-refractivity contribution >= 4 is 27.3 Å². The van der Waals surface area contributed by atoms with Crippen molar-refractivity contribution in [2.75, 3.05) is 17.2 Å². The van der Waals surface area contributed by atoms with Crippen LogP contribution in [-0.2, 0) is 6.54 Å². The third kappa shape index (κ3) is 3.28. The van der Waals surface area contributed by atoms with Crippen molar-refractivity contribution in [1.29, 1.82) is 0 Å². The molecule has 0 atom stereocenters. The molecule has 0 radical (unpaired) electrons. The van der Waals surface area contributed by atoms with Crippen molar-refractivity contribution in [2.24, 2.45) is 0 Å². The fourth-order valence-corrected chi connectivity index (χ4v) is 2.41. The van der Waals surface area contributed by atoms with Crippen molar-refractivity contribution in [3.05, 3.63) is 52.0 Å². The molecule has 106 valence electrons. The van der Waals surface area contributed by atoms with Crippen LogP contribution in [0.3, 0.4) is 0 Å². The van der Waals surface area contributed by atoms with Crippen LogP contribution in [0.5, 0.6) is 0 Å². The number of nitrogen functional groups attached to an aromatic ring is 1. The monoisotopic (exact) mass is 337 g/mol. The smallest absolute Gasteiger partial charge is 0.139 e. The fourth-order valence-electron chi connectivity index (χ4n) is 2.08. The van der Waals surface area contributed by atoms with Gasteiger partial charge >= 0.3 is 0 Å². The minimum Gasteiger partial charge on any atom is -0.397 e. The molecule has 0 unspecified atom stereocenters. The maximum Gasteiger partial charge on any atom is 0.139 e. The number of rotatable bonds is 4. The summed E-state index contributed by atoms with van der Waals surface area (Å²) in [5.74, 6) is -0.351. The Kier molecular flexibility index (Phi) is 4.60. The Morgan fingerprint density at radius 3 is 2.75 bits per heavy atom. The molecule has 2 rings (SSSR count). The first-order valence-corrected chi connectivity index (χ1v) is 7.22. The van der Waals surface area contributed by atoms with Crippen LogP contribution >= 0.6 is 15.9 Å². The van der Waals surface area contributed by atoms with Crippen LogP contribution in [0.2, 0.25) is 0 Å². The van der Waals surface area contributed by atoms with Crippen molar-refractivity contribution < 1.29 is 4.39 Å². The van der Waals surface area contributed by atoms with E-state index in [-0.39, 0.29) is 5.82 Å². The van der Waals surface area contributed by atoms with Crippen LogP contribution in [0.25, 0.3) is 0 Å². The summed E-state index contributed by atoms with van der Waals surface area (Å²) < 4.78 is 13.9. The maximum atomic E-state index is 13.4. The molecule has 0 fully saturated rings. The minimum absolute atomic E-state index is 0.351. The first-order chi connectivity index (χ1) is 9.51. The van der Waals surface area contributed by atoms with E-state index < -0.39 is 0 Å². The van der Waals surface area contributed by atoms with Crippen LogP contribution in [0.4, 0.5) is 15.8 Å². The maximum absolute atomic E-state index is 13.4. The molecule has 0 amide bonds. The van der Waals surface area contributed by atoms with Gasteiger partial charge in [-0.15, -0.1) is 0 Å². The molecule has 0 spiro atoms. The number of hydrogen-bond acceptors (Lipinski definition) is 3. The van der Waals surface area contributed by atoms with Gasteiger partial charge in [-0.3, -0.25) is 4.98 Å². The summed E-state index contributed by atoms with van der Waals surface area (Å²) in [6.45, 7) is 5.40. The second-order valence-electron chi connectivity index (χ2n) is 4.61. The van der Waals surface area contributed by atoms with Gasteiger partial charge in [-0.2, -0.15) is 0 Å². The number of nitrogens with two attached hydrogens (primary N) is 1. The molecule has 1 heterocycles. The summed E-state index contributed by atoms with van der Waals surface area (Å²) in [5, 5.41) is 0. The lowest BCUT2D eigenvalue weighted by Crippen LogP contribution is -2.24. The van der Waals surface area contributed by atoms with Gasteiger partial charge in [0.2, 0.25) is 0 Å². The number of pyridine rings is 1. The second kappa shape index (κ2) is 6.22. The third-order valence-corrected chi connectivity index (χ3v) is 3.70. The highest BCUT2D eigenvalue weighted by Crippen LogP contribution is 2.30. The Morgan fingerprint density at radius 1 is 1.35 bits per heavy atom. The molecule has 2 N–H and O–H groups in total. The van der Waals surface area contributed by atoms with E-state index in [0.717, 1.165) is 23.6 Å². The number of benzene rings is 1. The normalized spacial score (nSPS) is 10.6. The highest BCUT2D eigenvalue weighted by molar-refractivity contribution is 9.10. The van der Waals surface area contributed by atoms with Crippen molar-refractivity contribution in [2.45, 2.75) is 20.4 Å². The highest BCUT2D eigenvalue weighted by Gasteiger charge is 2.13. The first-order valence-electron chi connectivity index (χ1n) is 6.43. The Hall–Kier alpha value is -1.62. The first kappa shape index (κ1) is 14.8. The van der Waals surface area contributed by atoms with Gasteiger partial charge in [-0.25, -0.2) is 4.39 Å². The summed E-state index contributed by atoms with van der Waals surface area (Å²) in [4.78, 5) is 6.56. The summed E-state index contributed by atoms with van der Waals surface area (Å²) in [6.07, 6.45) is 0. The number of hydrogen-bond donors (Lipinski definition) is 1. The highest BCUT2D eigenvalue weighted by atomic mass is 79.9. The summed E-state index contributed by atoms with van der Waals surface area (Å²) in [5.41, 5.74) is 9.11. The summed E-state index contributed by atoms with van der Waals surface area (Å²) in [7, 11) is 0. The molecule has 1 aromatic heterocycles. The van der Waals surface area contributed by atoms with Gasteiger partial charge in [-0.05, 0) is 48.0 Å². The number of halogens is 2. The van der Waals surface area contributed by atoms with Crippen molar-refractivity contribution in [1.82, 2.24) is 4.98 Å². The van der Waals surface area contributed by atoms with E-state index in [1.54, 1.807) is 6.07 Å². The molecule has 0 saturated carbocycles. The van der Waals surface area contributed by atoms with Crippen LogP contribution in [0.15, 0.2) is 34.8 Å². The Labute approximate surface area is 126 Å². The topological polar surface area (TPSA) is 42.2 Å². The molecular formula is C15H17BrFN3. The summed E-state index contributed by atoms with van der Waals surface area (Å²) in [6, 6.07) is 8.97. The molecule has 0 aliphatic heterocycles. The van der Waals surface area contributed by atoms with E-state index >= 15 is 0 Å². The minimum atomic E-state index is -0.351. The molecule has 20 heavy (non-hydrogen) atoms. The molecule has 5 heteroatoms. The summed E-state index contributed by atoms with van der Waals surface area (Å²) >= 11 is 3.20. The fraction of sp³-hybridized carbons (Fsp3) is 0.267. The molecule has 1 aromatic carbocycles. The lowest BCUT2D eigenvalue weighted by molar-refractivity contribution is 0.621. The Morgan fingerprint density at radius 2 is 2.10 bits per heavy atom. The molecular weight excluding hydrogens is 321 g/mol. The predicted octanol–water partition coefficient (Wildman–Crippen LogP) is 3.90. The molecule has 0 aliphatic carbocycles. The van der Waals surface area contributed by atoms with Gasteiger partial charge in [0.05, 0.1) is 28.1 Å². The zero-order chi connectivity index (χ0) is 14.7. The molecule has 0 saturated heterocycles. The van der Waals surface area contributed by atoms with Crippen LogP contribution in [-0.4, -0.2) is 11.5 Å². The third-order valence-electron chi connectivity index (χ3n) is 3.09. The predicted molar refractivity (Wildman–Crippen MR) is 84.2 cm³/mol. The Bertz CT molecular complexity index is 616. The van der Waals surface area contributed by atoms with Crippen molar-refractivity contribution in [3.63, 3.8) is 0 Å². The van der Waals surface area contributed by atoms with Gasteiger partial charge in [0.1, 0.15) is 5.82 Å². The van der Waals surface area contributed by atoms with Gasteiger partial charge in [0.15, 0.2) is 0 Å².